The van der Waals surface area contributed by atoms with Crippen molar-refractivity contribution in [2.75, 3.05) is 26.2 Å². The normalized spacial score (nSPS) is 15.8. The number of carbonyl (C=O) groups excluding carboxylic acids is 1. The van der Waals surface area contributed by atoms with Gasteiger partial charge in [-0.1, -0.05) is 6.07 Å². The maximum atomic E-state index is 12.3. The number of pyridine rings is 1. The Morgan fingerprint density at radius 2 is 2.04 bits per heavy atom. The second kappa shape index (κ2) is 7.70. The molecular weight excluding hydrogens is 358 g/mol. The molecule has 1 fully saturated rings. The van der Waals surface area contributed by atoms with E-state index in [1.165, 1.54) is 5.56 Å². The predicted octanol–water partition coefficient (Wildman–Crippen LogP) is 1.78. The number of halogens is 1. The zero-order chi connectivity index (χ0) is 16.1. The summed E-state index contributed by atoms with van der Waals surface area (Å²) < 4.78 is 2.73. The maximum absolute atomic E-state index is 12.3. The van der Waals surface area contributed by atoms with Crippen LogP contribution in [-0.2, 0) is 17.9 Å². The number of carbonyl (C=O) groups is 1. The first-order valence-electron chi connectivity index (χ1n) is 7.78. The Morgan fingerprint density at radius 3 is 2.70 bits per heavy atom. The van der Waals surface area contributed by atoms with Gasteiger partial charge in [0.25, 0.3) is 0 Å². The molecule has 0 unspecified atom stereocenters. The molecule has 2 aromatic rings. The first-order chi connectivity index (χ1) is 11.2. The number of amides is 1. The Hall–Kier alpha value is -1.73. The number of nitrogens with zero attached hydrogens (tertiary/aromatic N) is 5. The van der Waals surface area contributed by atoms with Crippen LogP contribution in [0.5, 0.6) is 0 Å². The third-order valence-corrected chi connectivity index (χ3v) is 4.42. The number of hydrogen-bond donors (Lipinski definition) is 0. The molecule has 0 atom stereocenters. The lowest BCUT2D eigenvalue weighted by molar-refractivity contribution is -0.133. The molecule has 1 amide bonds. The Bertz CT molecular complexity index is 637. The van der Waals surface area contributed by atoms with Gasteiger partial charge in [-0.15, -0.1) is 0 Å². The van der Waals surface area contributed by atoms with E-state index in [4.69, 9.17) is 0 Å². The van der Waals surface area contributed by atoms with Crippen molar-refractivity contribution < 1.29 is 4.79 Å². The van der Waals surface area contributed by atoms with Crippen molar-refractivity contribution in [1.29, 1.82) is 0 Å². The average molecular weight is 378 g/mol. The summed E-state index contributed by atoms with van der Waals surface area (Å²) in [6.45, 7) is 4.93. The van der Waals surface area contributed by atoms with Crippen molar-refractivity contribution in [1.82, 2.24) is 24.6 Å². The number of aromatic nitrogens is 3. The Labute approximate surface area is 144 Å². The second-order valence-corrected chi connectivity index (χ2v) is 6.61. The van der Waals surface area contributed by atoms with Crippen LogP contribution in [0.1, 0.15) is 12.0 Å². The number of aryl methyl sites for hydroxylation is 1. The molecule has 23 heavy (non-hydrogen) atoms. The third kappa shape index (κ3) is 4.62. The van der Waals surface area contributed by atoms with E-state index in [0.29, 0.717) is 13.0 Å². The molecule has 0 N–H and O–H groups in total. The summed E-state index contributed by atoms with van der Waals surface area (Å²) in [6, 6.07) is 4.05. The molecule has 0 spiro atoms. The van der Waals surface area contributed by atoms with Crippen LogP contribution in [0.4, 0.5) is 0 Å². The number of piperazine rings is 1. The molecule has 0 bridgehead atoms. The highest BCUT2D eigenvalue weighted by Crippen LogP contribution is 2.10. The summed E-state index contributed by atoms with van der Waals surface area (Å²) in [6.07, 6.45) is 7.81. The van der Waals surface area contributed by atoms with Crippen LogP contribution in [0.3, 0.4) is 0 Å². The van der Waals surface area contributed by atoms with E-state index in [0.717, 1.165) is 37.2 Å². The van der Waals surface area contributed by atoms with Crippen LogP contribution in [0.2, 0.25) is 0 Å². The van der Waals surface area contributed by atoms with Crippen LogP contribution in [0, 0.1) is 0 Å². The van der Waals surface area contributed by atoms with Gasteiger partial charge in [0.2, 0.25) is 5.91 Å². The van der Waals surface area contributed by atoms with Crippen molar-refractivity contribution >= 4 is 21.8 Å². The van der Waals surface area contributed by atoms with Gasteiger partial charge in [-0.05, 0) is 27.6 Å². The minimum Gasteiger partial charge on any atom is -0.340 e. The van der Waals surface area contributed by atoms with E-state index < -0.39 is 0 Å². The summed E-state index contributed by atoms with van der Waals surface area (Å²) in [7, 11) is 0. The molecule has 0 saturated carbocycles. The van der Waals surface area contributed by atoms with Crippen molar-refractivity contribution in [2.45, 2.75) is 19.5 Å². The second-order valence-electron chi connectivity index (χ2n) is 5.69. The summed E-state index contributed by atoms with van der Waals surface area (Å²) in [5.74, 6) is 0.206. The van der Waals surface area contributed by atoms with Crippen LogP contribution >= 0.6 is 15.9 Å². The van der Waals surface area contributed by atoms with Gasteiger partial charge in [0.1, 0.15) is 0 Å². The van der Waals surface area contributed by atoms with Gasteiger partial charge in [0.05, 0.1) is 10.7 Å². The number of rotatable bonds is 5. The van der Waals surface area contributed by atoms with Gasteiger partial charge in [-0.25, -0.2) is 0 Å². The molecule has 0 radical (unpaired) electrons. The topological polar surface area (TPSA) is 54.3 Å². The first kappa shape index (κ1) is 16.1. The van der Waals surface area contributed by atoms with E-state index in [-0.39, 0.29) is 5.91 Å². The highest BCUT2D eigenvalue weighted by Gasteiger charge is 2.20. The highest BCUT2D eigenvalue weighted by molar-refractivity contribution is 9.10. The van der Waals surface area contributed by atoms with Gasteiger partial charge in [0, 0.05) is 64.3 Å². The van der Waals surface area contributed by atoms with Crippen LogP contribution in [0.15, 0.2) is 41.4 Å². The van der Waals surface area contributed by atoms with E-state index in [2.05, 4.69) is 37.0 Å². The SMILES string of the molecule is O=C(CCn1cc(Br)cn1)N1CCN(Cc2cccnc2)CC1. The Kier molecular flexibility index (Phi) is 5.40. The molecule has 1 aliphatic rings. The van der Waals surface area contributed by atoms with E-state index in [1.54, 1.807) is 17.1 Å². The van der Waals surface area contributed by atoms with Crippen molar-refractivity contribution in [3.05, 3.63) is 47.0 Å². The predicted molar refractivity (Wildman–Crippen MR) is 90.6 cm³/mol. The molecule has 3 heterocycles. The molecule has 0 aromatic carbocycles. The lowest BCUT2D eigenvalue weighted by atomic mass is 10.2. The minimum atomic E-state index is 0.206. The maximum Gasteiger partial charge on any atom is 0.224 e. The fraction of sp³-hybridized carbons (Fsp3) is 0.438. The largest absolute Gasteiger partial charge is 0.340 e. The Balaban J connectivity index is 1.42. The summed E-state index contributed by atoms with van der Waals surface area (Å²) in [4.78, 5) is 20.8. The van der Waals surface area contributed by atoms with Crippen molar-refractivity contribution in [3.8, 4) is 0 Å². The smallest absolute Gasteiger partial charge is 0.224 e. The molecule has 1 saturated heterocycles. The van der Waals surface area contributed by atoms with Gasteiger partial charge >= 0.3 is 0 Å². The summed E-state index contributed by atoms with van der Waals surface area (Å²) in [5, 5.41) is 4.18. The zero-order valence-electron chi connectivity index (χ0n) is 12.9. The van der Waals surface area contributed by atoms with E-state index >= 15 is 0 Å². The lowest BCUT2D eigenvalue weighted by Gasteiger charge is -2.34. The molecule has 6 nitrogen and oxygen atoms in total. The molecular formula is C16H20BrN5O. The highest BCUT2D eigenvalue weighted by atomic mass is 79.9. The van der Waals surface area contributed by atoms with Crippen molar-refractivity contribution in [2.24, 2.45) is 0 Å². The van der Waals surface area contributed by atoms with Gasteiger partial charge in [-0.2, -0.15) is 5.10 Å². The minimum absolute atomic E-state index is 0.206. The molecule has 7 heteroatoms. The molecule has 122 valence electrons. The number of hydrogen-bond acceptors (Lipinski definition) is 4. The fourth-order valence-corrected chi connectivity index (χ4v) is 3.06. The fourth-order valence-electron chi connectivity index (χ4n) is 2.73. The van der Waals surface area contributed by atoms with E-state index in [1.807, 2.05) is 23.4 Å². The molecule has 2 aromatic heterocycles. The summed E-state index contributed by atoms with van der Waals surface area (Å²) in [5.41, 5.74) is 1.22. The molecule has 0 aliphatic carbocycles. The van der Waals surface area contributed by atoms with Crippen LogP contribution in [-0.4, -0.2) is 56.7 Å². The quantitative estimate of drug-likeness (QED) is 0.796. The summed E-state index contributed by atoms with van der Waals surface area (Å²) >= 11 is 3.36. The van der Waals surface area contributed by atoms with Crippen LogP contribution < -0.4 is 0 Å². The van der Waals surface area contributed by atoms with Gasteiger partial charge < -0.3 is 4.90 Å². The molecule has 3 rings (SSSR count). The standard InChI is InChI=1S/C16H20BrN5O/c17-15-11-19-22(13-15)5-3-16(23)21-8-6-20(7-9-21)12-14-2-1-4-18-10-14/h1-2,4,10-11,13H,3,5-9,12H2. The Morgan fingerprint density at radius 1 is 1.22 bits per heavy atom. The van der Waals surface area contributed by atoms with Crippen molar-refractivity contribution in [3.63, 3.8) is 0 Å². The molecule has 1 aliphatic heterocycles. The van der Waals surface area contributed by atoms with E-state index in [9.17, 15) is 4.79 Å². The lowest BCUT2D eigenvalue weighted by Crippen LogP contribution is -2.48. The zero-order valence-corrected chi connectivity index (χ0v) is 14.5. The average Bonchev–Trinajstić information content (AvgIpc) is 3.00. The van der Waals surface area contributed by atoms with Gasteiger partial charge in [0.15, 0.2) is 0 Å². The third-order valence-electron chi connectivity index (χ3n) is 4.01. The first-order valence-corrected chi connectivity index (χ1v) is 8.57. The monoisotopic (exact) mass is 377 g/mol. The van der Waals surface area contributed by atoms with Crippen LogP contribution in [0.25, 0.3) is 0 Å². The van der Waals surface area contributed by atoms with Gasteiger partial charge in [-0.3, -0.25) is 19.4 Å².